The minimum Gasteiger partial charge on any atom is -0.340 e. The first-order valence-corrected chi connectivity index (χ1v) is 8.04. The number of carbonyl (C=O) groups excluding carboxylic acids is 1. The Hall–Kier alpha value is -2.61. The van der Waals surface area contributed by atoms with Crippen LogP contribution in [0.5, 0.6) is 0 Å². The molecular weight excluding hydrogens is 312 g/mol. The number of rotatable bonds is 5. The van der Waals surface area contributed by atoms with Crippen molar-refractivity contribution in [2.45, 2.75) is 25.8 Å². The van der Waals surface area contributed by atoms with Gasteiger partial charge in [-0.25, -0.2) is 19.6 Å². The van der Waals surface area contributed by atoms with Gasteiger partial charge in [0.15, 0.2) is 5.82 Å². The summed E-state index contributed by atoms with van der Waals surface area (Å²) in [5.74, 6) is 0.371. The number of carbonyl (C=O) groups is 1. The number of nitrogens with zero attached hydrogens (tertiary/aromatic N) is 5. The number of aromatic nitrogens is 5. The lowest BCUT2D eigenvalue weighted by Crippen LogP contribution is -2.43. The Labute approximate surface area is 137 Å². The van der Waals surface area contributed by atoms with Gasteiger partial charge in [0.25, 0.3) is 5.91 Å². The number of pyridine rings is 1. The van der Waals surface area contributed by atoms with Gasteiger partial charge in [-0.1, -0.05) is 6.92 Å². The van der Waals surface area contributed by atoms with Crippen LogP contribution in [0.2, 0.25) is 0 Å². The van der Waals surface area contributed by atoms with Crippen LogP contribution in [-0.4, -0.2) is 30.6 Å². The van der Waals surface area contributed by atoms with Crippen LogP contribution in [-0.2, 0) is 5.54 Å². The topological polar surface area (TPSA) is 85.6 Å². The van der Waals surface area contributed by atoms with Gasteiger partial charge in [-0.15, -0.1) is 11.3 Å². The molecule has 0 fully saturated rings. The van der Waals surface area contributed by atoms with Gasteiger partial charge in [0.1, 0.15) is 17.7 Å². The van der Waals surface area contributed by atoms with Crippen LogP contribution < -0.4 is 5.32 Å². The third-order valence-electron chi connectivity index (χ3n) is 3.66. The second kappa shape index (κ2) is 6.25. The van der Waals surface area contributed by atoms with E-state index in [1.54, 1.807) is 24.5 Å². The van der Waals surface area contributed by atoms with Crippen LogP contribution in [0.3, 0.4) is 0 Å². The fourth-order valence-corrected chi connectivity index (χ4v) is 2.95. The Morgan fingerprint density at radius 1 is 1.39 bits per heavy atom. The lowest BCUT2D eigenvalue weighted by atomic mass is 9.99. The van der Waals surface area contributed by atoms with Crippen LogP contribution in [0.15, 0.2) is 42.6 Å². The molecule has 3 heterocycles. The minimum atomic E-state index is -0.498. The Balaban J connectivity index is 1.85. The second-order valence-corrected chi connectivity index (χ2v) is 6.11. The lowest BCUT2D eigenvalue weighted by molar-refractivity contribution is 0.0901. The molecule has 23 heavy (non-hydrogen) atoms. The average molecular weight is 328 g/mol. The van der Waals surface area contributed by atoms with E-state index in [0.717, 1.165) is 11.4 Å². The monoisotopic (exact) mass is 328 g/mol. The van der Waals surface area contributed by atoms with E-state index >= 15 is 0 Å². The molecule has 3 rings (SSSR count). The highest BCUT2D eigenvalue weighted by Gasteiger charge is 2.29. The van der Waals surface area contributed by atoms with Crippen LogP contribution >= 0.6 is 11.3 Å². The van der Waals surface area contributed by atoms with Crippen LogP contribution in [0, 0.1) is 0 Å². The molecule has 0 aliphatic carbocycles. The predicted octanol–water partition coefficient (Wildman–Crippen LogP) is 2.17. The van der Waals surface area contributed by atoms with Gasteiger partial charge in [-0.05, 0) is 25.5 Å². The van der Waals surface area contributed by atoms with Crippen molar-refractivity contribution in [2.24, 2.45) is 0 Å². The maximum absolute atomic E-state index is 12.6. The normalized spacial score (nSPS) is 13.5. The molecule has 8 heteroatoms. The molecule has 0 spiro atoms. The van der Waals surface area contributed by atoms with Crippen molar-refractivity contribution >= 4 is 17.2 Å². The third-order valence-corrected chi connectivity index (χ3v) is 4.70. The second-order valence-electron chi connectivity index (χ2n) is 5.22. The van der Waals surface area contributed by atoms with Gasteiger partial charge in [0.2, 0.25) is 0 Å². The molecule has 7 nitrogen and oxygen atoms in total. The molecule has 0 aliphatic heterocycles. The van der Waals surface area contributed by atoms with E-state index in [9.17, 15) is 4.79 Å². The van der Waals surface area contributed by atoms with Crippen molar-refractivity contribution in [3.63, 3.8) is 0 Å². The number of hydrogen-bond acceptors (Lipinski definition) is 6. The molecule has 0 bridgehead atoms. The number of nitrogens with one attached hydrogen (secondary N) is 1. The van der Waals surface area contributed by atoms with Crippen molar-refractivity contribution in [3.8, 4) is 5.82 Å². The summed E-state index contributed by atoms with van der Waals surface area (Å²) in [6.07, 6.45) is 7.03. The van der Waals surface area contributed by atoms with Gasteiger partial charge >= 0.3 is 0 Å². The summed E-state index contributed by atoms with van der Waals surface area (Å²) in [5, 5.41) is 9.89. The van der Waals surface area contributed by atoms with Gasteiger partial charge in [-0.2, -0.15) is 5.10 Å². The Morgan fingerprint density at radius 3 is 2.91 bits per heavy atom. The quantitative estimate of drug-likeness (QED) is 0.776. The SMILES string of the molecule is CC[C@@](C)(NC(=O)c1ccnc(-n2cncn2)c1)c1nccs1. The van der Waals surface area contributed by atoms with Crippen LogP contribution in [0.1, 0.15) is 35.6 Å². The minimum absolute atomic E-state index is 0.173. The smallest absolute Gasteiger partial charge is 0.252 e. The van der Waals surface area contributed by atoms with Gasteiger partial charge in [-0.3, -0.25) is 4.79 Å². The summed E-state index contributed by atoms with van der Waals surface area (Å²) >= 11 is 1.53. The van der Waals surface area contributed by atoms with Gasteiger partial charge in [0.05, 0.1) is 5.54 Å². The summed E-state index contributed by atoms with van der Waals surface area (Å²) in [6, 6.07) is 3.36. The maximum Gasteiger partial charge on any atom is 0.252 e. The first-order chi connectivity index (χ1) is 11.1. The largest absolute Gasteiger partial charge is 0.340 e. The van der Waals surface area contributed by atoms with Crippen LogP contribution in [0.25, 0.3) is 5.82 Å². The average Bonchev–Trinajstić information content (AvgIpc) is 3.28. The molecule has 0 aromatic carbocycles. The van der Waals surface area contributed by atoms with E-state index in [0.29, 0.717) is 11.4 Å². The van der Waals surface area contributed by atoms with Crippen molar-refractivity contribution in [3.05, 3.63) is 53.1 Å². The summed E-state index contributed by atoms with van der Waals surface area (Å²) < 4.78 is 1.51. The van der Waals surface area contributed by atoms with E-state index in [1.807, 2.05) is 19.2 Å². The molecule has 0 radical (unpaired) electrons. The number of amides is 1. The first-order valence-electron chi connectivity index (χ1n) is 7.16. The van der Waals surface area contributed by atoms with E-state index in [4.69, 9.17) is 0 Å². The van der Waals surface area contributed by atoms with Crippen molar-refractivity contribution in [1.82, 2.24) is 30.0 Å². The standard InChI is InChI=1S/C15H16N6OS/c1-3-15(2,14-18-6-7-23-14)20-13(22)11-4-5-17-12(8-11)21-10-16-9-19-21/h4-10H,3H2,1-2H3,(H,20,22)/t15-/m1/s1. The lowest BCUT2D eigenvalue weighted by Gasteiger charge is -2.27. The molecule has 118 valence electrons. The molecule has 1 amide bonds. The molecule has 1 N–H and O–H groups in total. The Kier molecular flexibility index (Phi) is 4.16. The molecule has 3 aromatic heterocycles. The van der Waals surface area contributed by atoms with Crippen molar-refractivity contribution < 1.29 is 4.79 Å². The Bertz CT molecular complexity index is 786. The number of hydrogen-bond donors (Lipinski definition) is 1. The highest BCUT2D eigenvalue weighted by molar-refractivity contribution is 7.09. The highest BCUT2D eigenvalue weighted by Crippen LogP contribution is 2.26. The highest BCUT2D eigenvalue weighted by atomic mass is 32.1. The van der Waals surface area contributed by atoms with Gasteiger partial charge < -0.3 is 5.32 Å². The zero-order valence-electron chi connectivity index (χ0n) is 12.8. The van der Waals surface area contributed by atoms with E-state index in [2.05, 4.69) is 25.4 Å². The molecule has 0 saturated heterocycles. The summed E-state index contributed by atoms with van der Waals surface area (Å²) in [4.78, 5) is 25.0. The van der Waals surface area contributed by atoms with E-state index in [1.165, 1.54) is 28.7 Å². The molecule has 0 saturated carbocycles. The molecule has 0 aliphatic rings. The molecular formula is C15H16N6OS. The fraction of sp³-hybridized carbons (Fsp3) is 0.267. The molecule has 1 atom stereocenters. The van der Waals surface area contributed by atoms with E-state index in [-0.39, 0.29) is 5.91 Å². The predicted molar refractivity (Wildman–Crippen MR) is 86.4 cm³/mol. The fourth-order valence-electron chi connectivity index (χ4n) is 2.12. The molecule has 3 aromatic rings. The summed E-state index contributed by atoms with van der Waals surface area (Å²) in [5.41, 5.74) is 0.0174. The van der Waals surface area contributed by atoms with Crippen molar-refractivity contribution in [2.75, 3.05) is 0 Å². The number of thiazole rings is 1. The first kappa shape index (κ1) is 15.3. The zero-order chi connectivity index (χ0) is 16.3. The third kappa shape index (κ3) is 3.11. The van der Waals surface area contributed by atoms with Crippen molar-refractivity contribution in [1.29, 1.82) is 0 Å². The summed E-state index contributed by atoms with van der Waals surface area (Å²) in [7, 11) is 0. The van der Waals surface area contributed by atoms with Crippen LogP contribution in [0.4, 0.5) is 0 Å². The van der Waals surface area contributed by atoms with E-state index < -0.39 is 5.54 Å². The molecule has 0 unspecified atom stereocenters. The Morgan fingerprint density at radius 2 is 2.26 bits per heavy atom. The maximum atomic E-state index is 12.6. The summed E-state index contributed by atoms with van der Waals surface area (Å²) in [6.45, 7) is 4.00. The zero-order valence-corrected chi connectivity index (χ0v) is 13.6. The van der Waals surface area contributed by atoms with Gasteiger partial charge in [0, 0.05) is 23.3 Å².